The minimum atomic E-state index is -0.380. The van der Waals surface area contributed by atoms with Crippen molar-refractivity contribution in [2.24, 2.45) is 5.92 Å². The number of benzene rings is 3. The second-order valence-electron chi connectivity index (χ2n) is 7.81. The van der Waals surface area contributed by atoms with Gasteiger partial charge in [-0.05, 0) is 53.9 Å². The summed E-state index contributed by atoms with van der Waals surface area (Å²) in [5.41, 5.74) is 1.32. The molecule has 1 saturated heterocycles. The first-order valence-corrected chi connectivity index (χ1v) is 10.4. The van der Waals surface area contributed by atoms with Gasteiger partial charge in [0.2, 0.25) is 12.3 Å². The summed E-state index contributed by atoms with van der Waals surface area (Å²) in [5, 5.41) is 14.5. The number of halogens is 1. The molecule has 0 saturated carbocycles. The molecule has 0 bridgehead atoms. The number of aryl methyl sites for hydroxylation is 1. The van der Waals surface area contributed by atoms with Gasteiger partial charge in [0.05, 0.1) is 13.2 Å². The highest BCUT2D eigenvalue weighted by molar-refractivity contribution is 5.98. The van der Waals surface area contributed by atoms with Crippen LogP contribution < -0.4 is 5.32 Å². The van der Waals surface area contributed by atoms with Crippen molar-refractivity contribution in [3.63, 3.8) is 0 Å². The number of carbonyl (C=O) groups excluding carboxylic acids is 2. The molecule has 0 radical (unpaired) electrons. The molecule has 6 nitrogen and oxygen atoms in total. The Kier molecular flexibility index (Phi) is 9.60. The smallest absolute Gasteiger partial charge is 0.290 e. The highest BCUT2D eigenvalue weighted by Gasteiger charge is 2.31. The molecule has 32 heavy (non-hydrogen) atoms. The Balaban J connectivity index is 0.000000203. The maximum Gasteiger partial charge on any atom is 0.290 e. The van der Waals surface area contributed by atoms with Crippen LogP contribution in [-0.4, -0.2) is 54.6 Å². The van der Waals surface area contributed by atoms with Gasteiger partial charge >= 0.3 is 0 Å². The Morgan fingerprint density at radius 2 is 1.69 bits per heavy atom. The van der Waals surface area contributed by atoms with Crippen molar-refractivity contribution in [2.45, 2.75) is 26.3 Å². The van der Waals surface area contributed by atoms with E-state index in [4.69, 9.17) is 9.90 Å². The average molecular weight is 441 g/mol. The van der Waals surface area contributed by atoms with Gasteiger partial charge in [-0.25, -0.2) is 0 Å². The van der Waals surface area contributed by atoms with Crippen molar-refractivity contribution >= 4 is 40.3 Å². The second-order valence-corrected chi connectivity index (χ2v) is 7.81. The SMILES string of the molecule is CC1CC(CF)CN1C(=O)CNC=O.Cc1ccc2cc3ccccc3cc2c1.O=CO. The van der Waals surface area contributed by atoms with Gasteiger partial charge in [0.1, 0.15) is 0 Å². The fourth-order valence-electron chi connectivity index (χ4n) is 3.89. The normalized spacial score (nSPS) is 17.0. The highest BCUT2D eigenvalue weighted by atomic mass is 19.1. The summed E-state index contributed by atoms with van der Waals surface area (Å²) in [4.78, 5) is 31.4. The van der Waals surface area contributed by atoms with E-state index < -0.39 is 0 Å². The lowest BCUT2D eigenvalue weighted by atomic mass is 10.0. The molecule has 0 aromatic heterocycles. The Morgan fingerprint density at radius 1 is 1.09 bits per heavy atom. The van der Waals surface area contributed by atoms with Crippen LogP contribution in [0, 0.1) is 12.8 Å². The Labute approximate surface area is 187 Å². The number of fused-ring (bicyclic) bond motifs is 2. The summed E-state index contributed by atoms with van der Waals surface area (Å²) in [5.74, 6) is -0.175. The molecule has 4 rings (SSSR count). The van der Waals surface area contributed by atoms with Crippen molar-refractivity contribution < 1.29 is 23.9 Å². The fraction of sp³-hybridized carbons (Fsp3) is 0.320. The van der Waals surface area contributed by atoms with Gasteiger partial charge in [0, 0.05) is 18.5 Å². The molecule has 2 unspecified atom stereocenters. The van der Waals surface area contributed by atoms with Gasteiger partial charge in [-0.15, -0.1) is 0 Å². The van der Waals surface area contributed by atoms with Gasteiger partial charge < -0.3 is 15.3 Å². The number of hydrogen-bond acceptors (Lipinski definition) is 3. The molecule has 170 valence electrons. The molecule has 7 heteroatoms. The van der Waals surface area contributed by atoms with Crippen LogP contribution in [0.25, 0.3) is 21.5 Å². The minimum Gasteiger partial charge on any atom is -0.483 e. The summed E-state index contributed by atoms with van der Waals surface area (Å²) >= 11 is 0. The lowest BCUT2D eigenvalue weighted by molar-refractivity contribution is -0.131. The standard InChI is InChI=1S/C15H12.C9H15FN2O2.CH2O2/c1-11-6-7-14-9-12-4-2-3-5-13(12)10-15(14)8-11;1-7-2-8(3-10)5-12(7)9(14)4-11-6-13;2-1-3/h2-10H,1H3;6-8H,2-5H2,1H3,(H,11,13);1H,(H,2,3). The predicted octanol–water partition coefficient (Wildman–Crippen LogP) is 3.94. The maximum absolute atomic E-state index is 12.4. The van der Waals surface area contributed by atoms with Gasteiger partial charge in [0.15, 0.2) is 0 Å². The van der Waals surface area contributed by atoms with Crippen molar-refractivity contribution in [3.8, 4) is 0 Å². The van der Waals surface area contributed by atoms with Gasteiger partial charge in [-0.1, -0.05) is 48.0 Å². The summed E-state index contributed by atoms with van der Waals surface area (Å²) in [7, 11) is 0. The van der Waals surface area contributed by atoms with E-state index in [9.17, 15) is 14.0 Å². The molecule has 3 aromatic carbocycles. The monoisotopic (exact) mass is 440 g/mol. The molecule has 0 spiro atoms. The fourth-order valence-corrected chi connectivity index (χ4v) is 3.89. The van der Waals surface area contributed by atoms with E-state index in [2.05, 4.69) is 66.8 Å². The van der Waals surface area contributed by atoms with Gasteiger partial charge in [-0.2, -0.15) is 0 Å². The van der Waals surface area contributed by atoms with Crippen LogP contribution in [0.4, 0.5) is 4.39 Å². The van der Waals surface area contributed by atoms with Crippen LogP contribution in [0.5, 0.6) is 0 Å². The van der Waals surface area contributed by atoms with E-state index in [1.807, 2.05) is 6.92 Å². The van der Waals surface area contributed by atoms with Crippen molar-refractivity contribution in [2.75, 3.05) is 19.8 Å². The predicted molar refractivity (Wildman–Crippen MR) is 124 cm³/mol. The van der Waals surface area contributed by atoms with Crippen molar-refractivity contribution in [1.29, 1.82) is 0 Å². The molecule has 2 amide bonds. The van der Waals surface area contributed by atoms with Crippen LogP contribution in [0.1, 0.15) is 18.9 Å². The van der Waals surface area contributed by atoms with Crippen LogP contribution in [0.15, 0.2) is 54.6 Å². The maximum atomic E-state index is 12.4. The highest BCUT2D eigenvalue weighted by Crippen LogP contribution is 2.24. The van der Waals surface area contributed by atoms with Crippen LogP contribution in [0.3, 0.4) is 0 Å². The number of carbonyl (C=O) groups is 3. The van der Waals surface area contributed by atoms with Gasteiger partial charge in [-0.3, -0.25) is 18.8 Å². The molecular formula is C25H29FN2O4. The number of alkyl halides is 1. The zero-order valence-corrected chi connectivity index (χ0v) is 18.3. The van der Waals surface area contributed by atoms with E-state index in [1.165, 1.54) is 27.1 Å². The Morgan fingerprint density at radius 3 is 2.25 bits per heavy atom. The number of hydrogen-bond donors (Lipinski definition) is 2. The number of amides is 2. The number of likely N-dealkylation sites (tertiary alicyclic amines) is 1. The number of nitrogens with one attached hydrogen (secondary N) is 1. The van der Waals surface area contributed by atoms with E-state index in [0.717, 1.165) is 0 Å². The minimum absolute atomic E-state index is 0.00679. The second kappa shape index (κ2) is 12.4. The van der Waals surface area contributed by atoms with Gasteiger partial charge in [0.25, 0.3) is 6.47 Å². The molecule has 1 aliphatic heterocycles. The quantitative estimate of drug-likeness (QED) is 0.475. The van der Waals surface area contributed by atoms with Crippen LogP contribution in [-0.2, 0) is 14.4 Å². The van der Waals surface area contributed by atoms with Crippen molar-refractivity contribution in [3.05, 3.63) is 60.2 Å². The topological polar surface area (TPSA) is 86.7 Å². The summed E-state index contributed by atoms with van der Waals surface area (Å²) in [6.07, 6.45) is 1.20. The molecule has 3 aromatic rings. The first-order valence-electron chi connectivity index (χ1n) is 10.4. The van der Waals surface area contributed by atoms with E-state index in [1.54, 1.807) is 4.90 Å². The summed E-state index contributed by atoms with van der Waals surface area (Å²) in [6.45, 7) is 3.88. The first-order chi connectivity index (χ1) is 15.4. The number of nitrogens with zero attached hydrogens (tertiary/aromatic N) is 1. The molecular weight excluding hydrogens is 411 g/mol. The largest absolute Gasteiger partial charge is 0.483 e. The number of carboxylic acid groups (broad SMARTS) is 1. The number of rotatable bonds is 4. The van der Waals surface area contributed by atoms with E-state index in [-0.39, 0.29) is 37.6 Å². The van der Waals surface area contributed by atoms with Crippen LogP contribution in [0.2, 0.25) is 0 Å². The molecule has 0 aliphatic carbocycles. The Bertz CT molecular complexity index is 1060. The first kappa shape index (κ1) is 24.8. The zero-order valence-electron chi connectivity index (χ0n) is 18.3. The van der Waals surface area contributed by atoms with Crippen LogP contribution >= 0.6 is 0 Å². The third-order valence-electron chi connectivity index (χ3n) is 5.40. The molecule has 1 heterocycles. The molecule has 2 N–H and O–H groups in total. The lowest BCUT2D eigenvalue weighted by Crippen LogP contribution is -2.40. The van der Waals surface area contributed by atoms with E-state index >= 15 is 0 Å². The Hall–Kier alpha value is -3.48. The zero-order chi connectivity index (χ0) is 23.5. The third-order valence-corrected chi connectivity index (χ3v) is 5.40. The molecule has 1 fully saturated rings. The van der Waals surface area contributed by atoms with E-state index in [0.29, 0.717) is 19.4 Å². The lowest BCUT2D eigenvalue weighted by Gasteiger charge is -2.20. The third kappa shape index (κ3) is 6.77. The van der Waals surface area contributed by atoms with Crippen molar-refractivity contribution in [1.82, 2.24) is 10.2 Å². The summed E-state index contributed by atoms with van der Waals surface area (Å²) < 4.78 is 12.4. The molecule has 1 aliphatic rings. The summed E-state index contributed by atoms with van der Waals surface area (Å²) in [6, 6.07) is 19.7. The average Bonchev–Trinajstić information content (AvgIpc) is 3.18. The molecule has 2 atom stereocenters.